The fraction of sp³-hybridized carbons (Fsp3) is 0.333. The molecule has 1 aliphatic carbocycles. The van der Waals surface area contributed by atoms with Gasteiger partial charge in [0.1, 0.15) is 5.00 Å². The van der Waals surface area contributed by atoms with Gasteiger partial charge < -0.3 is 5.32 Å². The summed E-state index contributed by atoms with van der Waals surface area (Å²) in [5, 5.41) is 5.93. The monoisotopic (exact) mass is 422 g/mol. The van der Waals surface area contributed by atoms with E-state index in [0.717, 1.165) is 40.4 Å². The number of thiophene rings is 2. The summed E-state index contributed by atoms with van der Waals surface area (Å²) in [6.45, 7) is 6.94. The van der Waals surface area contributed by atoms with Gasteiger partial charge in [-0.1, -0.05) is 45.0 Å². The zero-order valence-corrected chi connectivity index (χ0v) is 18.7. The van der Waals surface area contributed by atoms with Crippen LogP contribution in [0.1, 0.15) is 52.9 Å². The molecule has 0 unspecified atom stereocenters. The number of hydrogen-bond donors (Lipinski definition) is 1. The van der Waals surface area contributed by atoms with E-state index in [2.05, 4.69) is 26.1 Å². The number of nitrogens with zero attached hydrogens (tertiary/aromatic N) is 1. The van der Waals surface area contributed by atoms with Crippen molar-refractivity contribution >= 4 is 45.5 Å². The molecule has 0 spiro atoms. The zero-order valence-electron chi connectivity index (χ0n) is 17.1. The number of anilines is 1. The Labute approximate surface area is 180 Å². The molecule has 1 amide bonds. The largest absolute Gasteiger partial charge is 0.322 e. The first-order valence-corrected chi connectivity index (χ1v) is 11.7. The summed E-state index contributed by atoms with van der Waals surface area (Å²) >= 11 is 3.34. The molecular weight excluding hydrogens is 396 g/mol. The molecule has 0 fully saturated rings. The first-order chi connectivity index (χ1) is 13.9. The van der Waals surface area contributed by atoms with Crippen molar-refractivity contribution < 1.29 is 4.79 Å². The SMILES string of the molecule is CC(C)(C)[C@H]1CCc2c(sc(N=Cc3cccs3)c2C(=O)Nc2ccccc2)C1. The first-order valence-electron chi connectivity index (χ1n) is 10.0. The van der Waals surface area contributed by atoms with Crippen LogP contribution >= 0.6 is 22.7 Å². The molecule has 29 heavy (non-hydrogen) atoms. The van der Waals surface area contributed by atoms with Gasteiger partial charge in [0, 0.05) is 21.7 Å². The molecule has 1 aromatic carbocycles. The Kier molecular flexibility index (Phi) is 5.70. The van der Waals surface area contributed by atoms with Crippen molar-refractivity contribution in [3.8, 4) is 0 Å². The van der Waals surface area contributed by atoms with E-state index in [9.17, 15) is 4.79 Å². The summed E-state index contributed by atoms with van der Waals surface area (Å²) in [5.74, 6) is 0.578. The molecule has 0 bridgehead atoms. The molecule has 1 aliphatic rings. The van der Waals surface area contributed by atoms with Crippen molar-refractivity contribution in [3.05, 3.63) is 68.7 Å². The number of fused-ring (bicyclic) bond motifs is 1. The molecule has 2 aromatic heterocycles. The summed E-state index contributed by atoms with van der Waals surface area (Å²) in [7, 11) is 0. The van der Waals surface area contributed by atoms with E-state index in [1.54, 1.807) is 22.7 Å². The minimum absolute atomic E-state index is 0.0544. The van der Waals surface area contributed by atoms with E-state index >= 15 is 0 Å². The molecule has 0 radical (unpaired) electrons. The maximum atomic E-state index is 13.2. The predicted molar refractivity (Wildman–Crippen MR) is 125 cm³/mol. The predicted octanol–water partition coefficient (Wildman–Crippen LogP) is 6.96. The van der Waals surface area contributed by atoms with E-state index in [-0.39, 0.29) is 11.3 Å². The fourth-order valence-electron chi connectivity index (χ4n) is 3.84. The van der Waals surface area contributed by atoms with Gasteiger partial charge in [-0.15, -0.1) is 22.7 Å². The fourth-order valence-corrected chi connectivity index (χ4v) is 5.69. The van der Waals surface area contributed by atoms with Gasteiger partial charge in [0.2, 0.25) is 0 Å². The van der Waals surface area contributed by atoms with Crippen LogP contribution in [-0.4, -0.2) is 12.1 Å². The second-order valence-corrected chi connectivity index (χ2v) is 10.6. The number of benzene rings is 1. The Morgan fingerprint density at radius 1 is 1.17 bits per heavy atom. The van der Waals surface area contributed by atoms with E-state index in [1.807, 2.05) is 54.1 Å². The Balaban J connectivity index is 1.69. The maximum Gasteiger partial charge on any atom is 0.259 e. The molecule has 1 atom stereocenters. The van der Waals surface area contributed by atoms with Crippen LogP contribution in [0.15, 0.2) is 52.8 Å². The van der Waals surface area contributed by atoms with Crippen molar-refractivity contribution in [2.75, 3.05) is 5.32 Å². The number of carbonyl (C=O) groups excluding carboxylic acids is 1. The molecule has 3 aromatic rings. The Bertz CT molecular complexity index is 1010. The maximum absolute atomic E-state index is 13.2. The van der Waals surface area contributed by atoms with Crippen LogP contribution < -0.4 is 5.32 Å². The highest BCUT2D eigenvalue weighted by molar-refractivity contribution is 7.16. The van der Waals surface area contributed by atoms with Gasteiger partial charge in [0.15, 0.2) is 0 Å². The summed E-state index contributed by atoms with van der Waals surface area (Å²) in [6.07, 6.45) is 4.97. The van der Waals surface area contributed by atoms with Crippen molar-refractivity contribution in [1.82, 2.24) is 0 Å². The van der Waals surface area contributed by atoms with E-state index in [0.29, 0.717) is 5.92 Å². The summed E-state index contributed by atoms with van der Waals surface area (Å²) in [5.41, 5.74) is 3.04. The quantitative estimate of drug-likeness (QED) is 0.453. The molecule has 3 nitrogen and oxygen atoms in total. The highest BCUT2D eigenvalue weighted by atomic mass is 32.1. The standard InChI is InChI=1S/C24H26N2OS2/c1-24(2,3)16-11-12-19-20(14-16)29-23(25-15-18-10-7-13-28-18)21(19)22(27)26-17-8-5-4-6-9-17/h4-10,13,15-16H,11-12,14H2,1-3H3,(H,26,27)/t16-/m0/s1. The van der Waals surface area contributed by atoms with Gasteiger partial charge >= 0.3 is 0 Å². The van der Waals surface area contributed by atoms with Crippen LogP contribution in [0.5, 0.6) is 0 Å². The minimum Gasteiger partial charge on any atom is -0.322 e. The van der Waals surface area contributed by atoms with Crippen LogP contribution in [-0.2, 0) is 12.8 Å². The number of nitrogens with one attached hydrogen (secondary N) is 1. The smallest absolute Gasteiger partial charge is 0.259 e. The lowest BCUT2D eigenvalue weighted by Gasteiger charge is -2.33. The average molecular weight is 423 g/mol. The molecular formula is C24H26N2OS2. The molecule has 150 valence electrons. The summed E-state index contributed by atoms with van der Waals surface area (Å²) in [4.78, 5) is 20.4. The van der Waals surface area contributed by atoms with Crippen molar-refractivity contribution in [1.29, 1.82) is 0 Å². The highest BCUT2D eigenvalue weighted by Gasteiger charge is 2.33. The number of para-hydroxylation sites is 1. The van der Waals surface area contributed by atoms with Gasteiger partial charge in [0.05, 0.1) is 5.56 Å². The third-order valence-corrected chi connectivity index (χ3v) is 7.55. The Morgan fingerprint density at radius 3 is 2.66 bits per heavy atom. The van der Waals surface area contributed by atoms with Gasteiger partial charge in [-0.05, 0) is 59.7 Å². The van der Waals surface area contributed by atoms with Gasteiger partial charge in [-0.25, -0.2) is 4.99 Å². The van der Waals surface area contributed by atoms with Crippen LogP contribution in [0, 0.1) is 11.3 Å². The molecule has 5 heteroatoms. The molecule has 4 rings (SSSR count). The van der Waals surface area contributed by atoms with Gasteiger partial charge in [-0.3, -0.25) is 4.79 Å². The first kappa shape index (κ1) is 20.0. The lowest BCUT2D eigenvalue weighted by molar-refractivity contribution is 0.102. The van der Waals surface area contributed by atoms with Crippen molar-refractivity contribution in [3.63, 3.8) is 0 Å². The van der Waals surface area contributed by atoms with E-state index in [1.165, 1.54) is 10.4 Å². The van der Waals surface area contributed by atoms with Gasteiger partial charge in [-0.2, -0.15) is 0 Å². The topological polar surface area (TPSA) is 41.5 Å². The lowest BCUT2D eigenvalue weighted by atomic mass is 9.72. The van der Waals surface area contributed by atoms with Crippen molar-refractivity contribution in [2.24, 2.45) is 16.3 Å². The Morgan fingerprint density at radius 2 is 1.97 bits per heavy atom. The van der Waals surface area contributed by atoms with Crippen LogP contribution in [0.3, 0.4) is 0 Å². The average Bonchev–Trinajstić information content (AvgIpc) is 3.33. The third-order valence-electron chi connectivity index (χ3n) is 5.58. The molecule has 0 saturated carbocycles. The van der Waals surface area contributed by atoms with Crippen LogP contribution in [0.25, 0.3) is 0 Å². The number of hydrogen-bond acceptors (Lipinski definition) is 4. The van der Waals surface area contributed by atoms with E-state index < -0.39 is 0 Å². The summed E-state index contributed by atoms with van der Waals surface area (Å²) in [6, 6.07) is 13.7. The number of rotatable bonds is 4. The molecule has 1 N–H and O–H groups in total. The van der Waals surface area contributed by atoms with Crippen LogP contribution in [0.4, 0.5) is 10.7 Å². The third kappa shape index (κ3) is 4.51. The normalized spacial score (nSPS) is 16.7. The Hall–Kier alpha value is -2.24. The molecule has 2 heterocycles. The second-order valence-electron chi connectivity index (χ2n) is 8.58. The molecule has 0 aliphatic heterocycles. The molecule has 0 saturated heterocycles. The van der Waals surface area contributed by atoms with Gasteiger partial charge in [0.25, 0.3) is 5.91 Å². The number of carbonyl (C=O) groups is 1. The lowest BCUT2D eigenvalue weighted by Crippen LogP contribution is -2.27. The summed E-state index contributed by atoms with van der Waals surface area (Å²) < 4.78 is 0. The van der Waals surface area contributed by atoms with Crippen LogP contribution in [0.2, 0.25) is 0 Å². The minimum atomic E-state index is -0.0544. The van der Waals surface area contributed by atoms with E-state index in [4.69, 9.17) is 4.99 Å². The zero-order chi connectivity index (χ0) is 20.4. The second kappa shape index (κ2) is 8.25. The number of amides is 1. The van der Waals surface area contributed by atoms with Crippen molar-refractivity contribution in [2.45, 2.75) is 40.0 Å². The number of aliphatic imine (C=N–C) groups is 1. The highest BCUT2D eigenvalue weighted by Crippen LogP contribution is 2.45.